The van der Waals surface area contributed by atoms with Crippen LogP contribution in [0.2, 0.25) is 5.02 Å². The van der Waals surface area contributed by atoms with Gasteiger partial charge in [-0.2, -0.15) is 0 Å². The summed E-state index contributed by atoms with van der Waals surface area (Å²) in [5, 5.41) is 14.0. The molecule has 0 spiro atoms. The average Bonchev–Trinajstić information content (AvgIpc) is 2.53. The van der Waals surface area contributed by atoms with Crippen LogP contribution in [-0.2, 0) is 4.79 Å². The van der Waals surface area contributed by atoms with E-state index in [0.717, 1.165) is 10.0 Å². The van der Waals surface area contributed by atoms with Crippen molar-refractivity contribution < 1.29 is 14.5 Å². The molecule has 126 valence electrons. The van der Waals surface area contributed by atoms with Gasteiger partial charge in [-0.25, -0.2) is 0 Å². The van der Waals surface area contributed by atoms with Crippen molar-refractivity contribution in [3.63, 3.8) is 0 Å². The number of nitrogens with one attached hydrogen (secondary N) is 1. The summed E-state index contributed by atoms with van der Waals surface area (Å²) in [6.45, 7) is 1.50. The molecular weight excluding hydrogens is 400 g/mol. The molecule has 0 saturated heterocycles. The molecule has 8 heteroatoms. The SMILES string of the molecule is C[C@H](NC(=O)COc1ccc(Cl)cc1[N+](=O)[O-])c1ccccc1Br. The molecule has 1 N–H and O–H groups in total. The topological polar surface area (TPSA) is 81.5 Å². The van der Waals surface area contributed by atoms with Crippen LogP contribution in [-0.4, -0.2) is 17.4 Å². The third-order valence-electron chi connectivity index (χ3n) is 3.23. The quantitative estimate of drug-likeness (QED) is 0.566. The summed E-state index contributed by atoms with van der Waals surface area (Å²) in [5.74, 6) is -0.393. The van der Waals surface area contributed by atoms with Crippen molar-refractivity contribution in [1.82, 2.24) is 5.32 Å². The Labute approximate surface area is 152 Å². The molecule has 0 unspecified atom stereocenters. The molecule has 2 rings (SSSR count). The second kappa shape index (κ2) is 8.12. The van der Waals surface area contributed by atoms with Crippen molar-refractivity contribution in [3.05, 3.63) is 67.6 Å². The highest BCUT2D eigenvalue weighted by molar-refractivity contribution is 9.10. The van der Waals surface area contributed by atoms with E-state index >= 15 is 0 Å². The van der Waals surface area contributed by atoms with E-state index in [1.807, 2.05) is 31.2 Å². The van der Waals surface area contributed by atoms with Gasteiger partial charge in [0, 0.05) is 15.6 Å². The molecule has 0 aliphatic heterocycles. The van der Waals surface area contributed by atoms with Gasteiger partial charge in [0.2, 0.25) is 0 Å². The maximum atomic E-state index is 12.0. The number of benzene rings is 2. The fourth-order valence-corrected chi connectivity index (χ4v) is 2.88. The predicted molar refractivity (Wildman–Crippen MR) is 94.3 cm³/mol. The first kappa shape index (κ1) is 18.2. The van der Waals surface area contributed by atoms with Gasteiger partial charge in [-0.05, 0) is 30.7 Å². The molecule has 6 nitrogen and oxygen atoms in total. The number of nitro benzene ring substituents is 1. The van der Waals surface area contributed by atoms with Crippen molar-refractivity contribution in [1.29, 1.82) is 0 Å². The monoisotopic (exact) mass is 412 g/mol. The van der Waals surface area contributed by atoms with E-state index in [4.69, 9.17) is 16.3 Å². The lowest BCUT2D eigenvalue weighted by Gasteiger charge is -2.16. The molecule has 0 radical (unpaired) electrons. The summed E-state index contributed by atoms with van der Waals surface area (Å²) in [5.41, 5.74) is 0.637. The zero-order chi connectivity index (χ0) is 17.7. The van der Waals surface area contributed by atoms with Crippen LogP contribution >= 0.6 is 27.5 Å². The Morgan fingerprint density at radius 1 is 1.38 bits per heavy atom. The number of nitrogens with zero attached hydrogens (tertiary/aromatic N) is 1. The lowest BCUT2D eigenvalue weighted by molar-refractivity contribution is -0.385. The highest BCUT2D eigenvalue weighted by atomic mass is 79.9. The van der Waals surface area contributed by atoms with Crippen LogP contribution in [0.1, 0.15) is 18.5 Å². The van der Waals surface area contributed by atoms with E-state index in [-0.39, 0.29) is 35.0 Å². The van der Waals surface area contributed by atoms with Gasteiger partial charge < -0.3 is 10.1 Å². The van der Waals surface area contributed by atoms with Crippen LogP contribution in [0.25, 0.3) is 0 Å². The molecule has 1 atom stereocenters. The number of amides is 1. The molecule has 2 aromatic rings. The number of carbonyl (C=O) groups is 1. The summed E-state index contributed by atoms with van der Waals surface area (Å²) in [4.78, 5) is 22.4. The smallest absolute Gasteiger partial charge is 0.312 e. The number of halogens is 2. The van der Waals surface area contributed by atoms with Crippen LogP contribution in [0.15, 0.2) is 46.9 Å². The molecule has 0 bridgehead atoms. The van der Waals surface area contributed by atoms with E-state index < -0.39 is 4.92 Å². The van der Waals surface area contributed by atoms with E-state index in [2.05, 4.69) is 21.2 Å². The van der Waals surface area contributed by atoms with Crippen LogP contribution in [0.3, 0.4) is 0 Å². The third-order valence-corrected chi connectivity index (χ3v) is 4.18. The minimum atomic E-state index is -0.608. The van der Waals surface area contributed by atoms with E-state index in [1.54, 1.807) is 0 Å². The molecule has 0 saturated carbocycles. The van der Waals surface area contributed by atoms with Crippen LogP contribution in [0.5, 0.6) is 5.75 Å². The van der Waals surface area contributed by atoms with E-state index in [0.29, 0.717) is 0 Å². The molecule has 0 fully saturated rings. The molecule has 0 heterocycles. The molecule has 0 aliphatic rings. The van der Waals surface area contributed by atoms with Crippen LogP contribution in [0.4, 0.5) is 5.69 Å². The largest absolute Gasteiger partial charge is 0.477 e. The van der Waals surface area contributed by atoms with Gasteiger partial charge in [-0.15, -0.1) is 0 Å². The van der Waals surface area contributed by atoms with Crippen molar-refractivity contribution in [2.75, 3.05) is 6.61 Å². The number of carbonyl (C=O) groups excluding carboxylic acids is 1. The fourth-order valence-electron chi connectivity index (χ4n) is 2.09. The van der Waals surface area contributed by atoms with Crippen molar-refractivity contribution in [2.45, 2.75) is 13.0 Å². The van der Waals surface area contributed by atoms with Crippen LogP contribution in [0, 0.1) is 10.1 Å². The van der Waals surface area contributed by atoms with Gasteiger partial charge in [0.15, 0.2) is 12.4 Å². The maximum absolute atomic E-state index is 12.0. The summed E-state index contributed by atoms with van der Waals surface area (Å²) >= 11 is 9.16. The van der Waals surface area contributed by atoms with Gasteiger partial charge in [0.1, 0.15) is 0 Å². The Balaban J connectivity index is 1.99. The number of nitro groups is 1. The molecule has 1 amide bonds. The fraction of sp³-hybridized carbons (Fsp3) is 0.188. The Bertz CT molecular complexity index is 769. The average molecular weight is 414 g/mol. The first-order valence-corrected chi connectivity index (χ1v) is 8.16. The highest BCUT2D eigenvalue weighted by Gasteiger charge is 2.18. The molecule has 24 heavy (non-hydrogen) atoms. The Morgan fingerprint density at radius 3 is 2.75 bits per heavy atom. The standard InChI is InChI=1S/C16H14BrClN2O4/c1-10(12-4-2-3-5-13(12)17)19-16(21)9-24-15-7-6-11(18)8-14(15)20(22)23/h2-8,10H,9H2,1H3,(H,19,21)/t10-/m0/s1. The highest BCUT2D eigenvalue weighted by Crippen LogP contribution is 2.30. The number of ether oxygens (including phenoxy) is 1. The molecular formula is C16H14BrClN2O4. The van der Waals surface area contributed by atoms with Gasteiger partial charge >= 0.3 is 5.69 Å². The zero-order valence-electron chi connectivity index (χ0n) is 12.7. The number of hydrogen-bond donors (Lipinski definition) is 1. The molecule has 0 aliphatic carbocycles. The number of rotatable bonds is 6. The second-order valence-electron chi connectivity index (χ2n) is 4.97. The minimum Gasteiger partial charge on any atom is -0.477 e. The first-order valence-electron chi connectivity index (χ1n) is 6.99. The normalized spacial score (nSPS) is 11.6. The minimum absolute atomic E-state index is 0.00639. The van der Waals surface area contributed by atoms with Crippen molar-refractivity contribution in [2.24, 2.45) is 0 Å². The first-order chi connectivity index (χ1) is 11.4. The van der Waals surface area contributed by atoms with Gasteiger partial charge in [0.25, 0.3) is 5.91 Å². The summed E-state index contributed by atoms with van der Waals surface area (Å²) < 4.78 is 6.14. The molecule has 0 aromatic heterocycles. The van der Waals surface area contributed by atoms with Gasteiger partial charge in [-0.1, -0.05) is 45.7 Å². The maximum Gasteiger partial charge on any atom is 0.312 e. The van der Waals surface area contributed by atoms with Crippen molar-refractivity contribution in [3.8, 4) is 5.75 Å². The molecule has 2 aromatic carbocycles. The van der Waals surface area contributed by atoms with Gasteiger partial charge in [-0.3, -0.25) is 14.9 Å². The van der Waals surface area contributed by atoms with Crippen LogP contribution < -0.4 is 10.1 Å². The summed E-state index contributed by atoms with van der Waals surface area (Å²) in [6.07, 6.45) is 0. The zero-order valence-corrected chi connectivity index (χ0v) is 15.0. The predicted octanol–water partition coefficient (Wildman–Crippen LogP) is 4.27. The summed E-state index contributed by atoms with van der Waals surface area (Å²) in [7, 11) is 0. The third kappa shape index (κ3) is 4.69. The number of hydrogen-bond acceptors (Lipinski definition) is 4. The summed E-state index contributed by atoms with van der Waals surface area (Å²) in [6, 6.07) is 11.3. The lowest BCUT2D eigenvalue weighted by atomic mass is 10.1. The Morgan fingerprint density at radius 2 is 2.08 bits per heavy atom. The lowest BCUT2D eigenvalue weighted by Crippen LogP contribution is -2.31. The van der Waals surface area contributed by atoms with E-state index in [9.17, 15) is 14.9 Å². The Kier molecular flexibility index (Phi) is 6.16. The van der Waals surface area contributed by atoms with Gasteiger partial charge in [0.05, 0.1) is 11.0 Å². The Hall–Kier alpha value is -2.12. The van der Waals surface area contributed by atoms with Crippen molar-refractivity contribution >= 4 is 39.1 Å². The van der Waals surface area contributed by atoms with E-state index in [1.165, 1.54) is 18.2 Å². The second-order valence-corrected chi connectivity index (χ2v) is 6.26.